The molecule has 18 heavy (non-hydrogen) atoms. The van der Waals surface area contributed by atoms with Crippen LogP contribution in [0.5, 0.6) is 5.75 Å². The van der Waals surface area contributed by atoms with Crippen molar-refractivity contribution in [3.8, 4) is 5.75 Å². The lowest BCUT2D eigenvalue weighted by Gasteiger charge is -2.10. The summed E-state index contributed by atoms with van der Waals surface area (Å²) < 4.78 is 18.7. The molecule has 0 amide bonds. The van der Waals surface area contributed by atoms with Gasteiger partial charge in [-0.05, 0) is 44.6 Å². The normalized spacial score (nSPS) is 10.6. The van der Waals surface area contributed by atoms with Crippen molar-refractivity contribution in [3.63, 3.8) is 0 Å². The maximum atomic E-state index is 13.6. The third-order valence-electron chi connectivity index (χ3n) is 2.73. The summed E-state index contributed by atoms with van der Waals surface area (Å²) >= 11 is 0. The largest absolute Gasteiger partial charge is 0.496 e. The quantitative estimate of drug-likeness (QED) is 0.663. The Balaban J connectivity index is 2.26. The molecule has 102 valence electrons. The summed E-state index contributed by atoms with van der Waals surface area (Å²) in [5.41, 5.74) is 0.599. The van der Waals surface area contributed by atoms with Crippen molar-refractivity contribution < 1.29 is 9.13 Å². The van der Waals surface area contributed by atoms with Gasteiger partial charge in [-0.1, -0.05) is 13.0 Å². The van der Waals surface area contributed by atoms with Crippen molar-refractivity contribution in [2.24, 2.45) is 0 Å². The Hall–Kier alpha value is -1.13. The molecule has 1 rings (SSSR count). The molecule has 0 saturated carbocycles. The van der Waals surface area contributed by atoms with Gasteiger partial charge in [0.25, 0.3) is 0 Å². The van der Waals surface area contributed by atoms with Crippen LogP contribution in [0.1, 0.15) is 25.3 Å². The predicted molar refractivity (Wildman–Crippen MR) is 72.4 cm³/mol. The van der Waals surface area contributed by atoms with Gasteiger partial charge in [0.05, 0.1) is 7.11 Å². The summed E-state index contributed by atoms with van der Waals surface area (Å²) in [4.78, 5) is 0. The molecule has 0 radical (unpaired) electrons. The molecule has 0 bridgehead atoms. The zero-order valence-corrected chi connectivity index (χ0v) is 11.3. The molecule has 0 atom stereocenters. The van der Waals surface area contributed by atoms with Crippen LogP contribution in [0.2, 0.25) is 0 Å². The highest BCUT2D eigenvalue weighted by molar-refractivity contribution is 5.34. The fraction of sp³-hybridized carbons (Fsp3) is 0.571. The van der Waals surface area contributed by atoms with E-state index in [2.05, 4.69) is 17.6 Å². The standard InChI is InChI=1S/C14H23FN2O/c1-3-8-16-9-5-10-17-11-12-13(15)6-4-7-14(12)18-2/h4,6-7,16-17H,3,5,8-11H2,1-2H3. The van der Waals surface area contributed by atoms with E-state index < -0.39 is 0 Å². The van der Waals surface area contributed by atoms with Gasteiger partial charge >= 0.3 is 0 Å². The van der Waals surface area contributed by atoms with Crippen LogP contribution in [0.25, 0.3) is 0 Å². The van der Waals surface area contributed by atoms with Crippen molar-refractivity contribution in [2.45, 2.75) is 26.3 Å². The minimum atomic E-state index is -0.217. The molecule has 1 aromatic carbocycles. The molecule has 0 aliphatic carbocycles. The Kier molecular flexibility index (Phi) is 7.37. The lowest BCUT2D eigenvalue weighted by molar-refractivity contribution is 0.401. The molecule has 2 N–H and O–H groups in total. The van der Waals surface area contributed by atoms with Gasteiger partial charge in [-0.3, -0.25) is 0 Å². The van der Waals surface area contributed by atoms with Crippen molar-refractivity contribution in [1.82, 2.24) is 10.6 Å². The van der Waals surface area contributed by atoms with Gasteiger partial charge in [0.1, 0.15) is 11.6 Å². The predicted octanol–water partition coefficient (Wildman–Crippen LogP) is 2.31. The highest BCUT2D eigenvalue weighted by Crippen LogP contribution is 2.20. The first kappa shape index (κ1) is 14.9. The van der Waals surface area contributed by atoms with Crippen LogP contribution in [0.4, 0.5) is 4.39 Å². The first-order valence-electron chi connectivity index (χ1n) is 6.52. The molecule has 0 spiro atoms. The second-order valence-electron chi connectivity index (χ2n) is 4.20. The lowest BCUT2D eigenvalue weighted by Crippen LogP contribution is -2.22. The van der Waals surface area contributed by atoms with Crippen LogP contribution < -0.4 is 15.4 Å². The molecule has 0 aliphatic heterocycles. The summed E-state index contributed by atoms with van der Waals surface area (Å²) in [6.07, 6.45) is 2.19. The van der Waals surface area contributed by atoms with Crippen LogP contribution in [-0.4, -0.2) is 26.7 Å². The van der Waals surface area contributed by atoms with Gasteiger partial charge in [-0.15, -0.1) is 0 Å². The van der Waals surface area contributed by atoms with Crippen molar-refractivity contribution in [3.05, 3.63) is 29.6 Å². The average Bonchev–Trinajstić information content (AvgIpc) is 2.39. The average molecular weight is 254 g/mol. The molecule has 0 unspecified atom stereocenters. The zero-order chi connectivity index (χ0) is 13.2. The number of hydrogen-bond acceptors (Lipinski definition) is 3. The van der Waals surface area contributed by atoms with E-state index in [0.29, 0.717) is 17.9 Å². The summed E-state index contributed by atoms with van der Waals surface area (Å²) in [6, 6.07) is 4.90. The highest BCUT2D eigenvalue weighted by Gasteiger charge is 2.07. The molecule has 3 nitrogen and oxygen atoms in total. The Bertz CT molecular complexity index is 345. The van der Waals surface area contributed by atoms with Gasteiger partial charge < -0.3 is 15.4 Å². The second kappa shape index (κ2) is 8.89. The number of hydrogen-bond donors (Lipinski definition) is 2. The minimum Gasteiger partial charge on any atom is -0.496 e. The molecular formula is C14H23FN2O. The van der Waals surface area contributed by atoms with E-state index in [1.54, 1.807) is 19.2 Å². The van der Waals surface area contributed by atoms with Crippen LogP contribution in [0, 0.1) is 5.82 Å². The molecule has 0 heterocycles. The Labute approximate surface area is 109 Å². The molecule has 0 aliphatic rings. The topological polar surface area (TPSA) is 33.3 Å². The van der Waals surface area contributed by atoms with Gasteiger partial charge in [-0.2, -0.15) is 0 Å². The van der Waals surface area contributed by atoms with Crippen LogP contribution in [0.15, 0.2) is 18.2 Å². The van der Waals surface area contributed by atoms with Crippen LogP contribution in [-0.2, 0) is 6.54 Å². The fourth-order valence-corrected chi connectivity index (χ4v) is 1.76. The number of nitrogens with one attached hydrogen (secondary N) is 2. The van der Waals surface area contributed by atoms with E-state index in [0.717, 1.165) is 32.5 Å². The summed E-state index contributed by atoms with van der Waals surface area (Å²) in [7, 11) is 1.56. The highest BCUT2D eigenvalue weighted by atomic mass is 19.1. The molecule has 4 heteroatoms. The number of ether oxygens (including phenoxy) is 1. The monoisotopic (exact) mass is 254 g/mol. The van der Waals surface area contributed by atoms with Gasteiger partial charge in [0.2, 0.25) is 0 Å². The minimum absolute atomic E-state index is 0.217. The molecule has 0 aromatic heterocycles. The molecule has 0 fully saturated rings. The summed E-state index contributed by atoms with van der Waals surface area (Å²) in [5, 5.41) is 6.56. The molecule has 1 aromatic rings. The number of rotatable bonds is 9. The fourth-order valence-electron chi connectivity index (χ4n) is 1.76. The van der Waals surface area contributed by atoms with Gasteiger partial charge in [0.15, 0.2) is 0 Å². The zero-order valence-electron chi connectivity index (χ0n) is 11.3. The van der Waals surface area contributed by atoms with Gasteiger partial charge in [-0.25, -0.2) is 4.39 Å². The lowest BCUT2D eigenvalue weighted by atomic mass is 10.2. The Morgan fingerprint density at radius 2 is 1.94 bits per heavy atom. The first-order chi connectivity index (χ1) is 8.79. The maximum absolute atomic E-state index is 13.6. The van der Waals surface area contributed by atoms with E-state index in [9.17, 15) is 4.39 Å². The Morgan fingerprint density at radius 1 is 1.17 bits per heavy atom. The Morgan fingerprint density at radius 3 is 2.67 bits per heavy atom. The van der Waals surface area contributed by atoms with Crippen molar-refractivity contribution in [1.29, 1.82) is 0 Å². The molecule has 0 saturated heterocycles. The van der Waals surface area contributed by atoms with E-state index in [1.165, 1.54) is 6.07 Å². The number of methoxy groups -OCH3 is 1. The van der Waals surface area contributed by atoms with E-state index in [1.807, 2.05) is 0 Å². The smallest absolute Gasteiger partial charge is 0.131 e. The van der Waals surface area contributed by atoms with Crippen LogP contribution >= 0.6 is 0 Å². The number of benzene rings is 1. The van der Waals surface area contributed by atoms with Crippen LogP contribution in [0.3, 0.4) is 0 Å². The number of halogens is 1. The molecular weight excluding hydrogens is 231 g/mol. The van der Waals surface area contributed by atoms with Gasteiger partial charge in [0, 0.05) is 12.1 Å². The van der Waals surface area contributed by atoms with E-state index in [4.69, 9.17) is 4.74 Å². The first-order valence-corrected chi connectivity index (χ1v) is 6.52. The summed E-state index contributed by atoms with van der Waals surface area (Å²) in [6.45, 7) is 5.57. The third kappa shape index (κ3) is 5.02. The third-order valence-corrected chi connectivity index (χ3v) is 2.73. The van der Waals surface area contributed by atoms with Crippen molar-refractivity contribution in [2.75, 3.05) is 26.7 Å². The maximum Gasteiger partial charge on any atom is 0.131 e. The second-order valence-corrected chi connectivity index (χ2v) is 4.20. The summed E-state index contributed by atoms with van der Waals surface area (Å²) in [5.74, 6) is 0.387. The van der Waals surface area contributed by atoms with E-state index >= 15 is 0 Å². The SMILES string of the molecule is CCCNCCCNCc1c(F)cccc1OC. The van der Waals surface area contributed by atoms with E-state index in [-0.39, 0.29) is 5.82 Å². The van der Waals surface area contributed by atoms with Crippen molar-refractivity contribution >= 4 is 0 Å².